The average molecular weight is 368 g/mol. The zero-order chi connectivity index (χ0) is 19.0. The van der Waals surface area contributed by atoms with Gasteiger partial charge < -0.3 is 0 Å². The Labute approximate surface area is 134 Å². The van der Waals surface area contributed by atoms with Crippen molar-refractivity contribution in [1.82, 2.24) is 25.3 Å². The minimum absolute atomic E-state index is 0.0497. The molecule has 2 aliphatic rings. The van der Waals surface area contributed by atoms with Crippen LogP contribution < -0.4 is 0 Å². The molecule has 20 heteroatoms. The number of hydrogen-bond donors (Lipinski definition) is 0. The third-order valence-electron chi connectivity index (χ3n) is 3.47. The molecule has 2 heterocycles. The molecule has 0 bridgehead atoms. The van der Waals surface area contributed by atoms with Gasteiger partial charge in [-0.2, -0.15) is 0 Å². The Hall–Kier alpha value is -4.00. The van der Waals surface area contributed by atoms with Gasteiger partial charge in [-0.3, -0.25) is 0 Å². The molecule has 0 aliphatic carbocycles. The smallest absolute Gasteiger partial charge is 0.235 e. The van der Waals surface area contributed by atoms with Gasteiger partial charge in [0.2, 0.25) is 6.67 Å². The molecular formula is C5H8N10O10. The van der Waals surface area contributed by atoms with Crippen LogP contribution in [0, 0.1) is 50.6 Å². The monoisotopic (exact) mass is 368 g/mol. The molecule has 2 rings (SSSR count). The fraction of sp³-hybridized carbons (Fsp3) is 1.00. The lowest BCUT2D eigenvalue weighted by Crippen LogP contribution is -2.80. The molecule has 2 unspecified atom stereocenters. The predicted molar refractivity (Wildman–Crippen MR) is 66.3 cm³/mol. The molecule has 0 spiro atoms. The van der Waals surface area contributed by atoms with E-state index in [9.17, 15) is 50.6 Å². The van der Waals surface area contributed by atoms with E-state index in [2.05, 4.69) is 0 Å². The van der Waals surface area contributed by atoms with Crippen molar-refractivity contribution in [1.29, 1.82) is 0 Å². The topological polar surface area (TPSA) is 232 Å². The Kier molecular flexibility index (Phi) is 4.09. The quantitative estimate of drug-likeness (QED) is 0.347. The van der Waals surface area contributed by atoms with Crippen LogP contribution in [-0.2, 0) is 0 Å². The van der Waals surface area contributed by atoms with Gasteiger partial charge in [-0.05, 0) is 0 Å². The minimum atomic E-state index is -2.31. The summed E-state index contributed by atoms with van der Waals surface area (Å²) in [5.41, 5.74) is 0. The van der Waals surface area contributed by atoms with Crippen LogP contribution in [0.4, 0.5) is 0 Å². The van der Waals surface area contributed by atoms with Crippen molar-refractivity contribution in [2.24, 2.45) is 0 Å². The summed E-state index contributed by atoms with van der Waals surface area (Å²) in [4.78, 5) is 55.6. The van der Waals surface area contributed by atoms with Crippen molar-refractivity contribution in [3.63, 3.8) is 0 Å². The molecule has 2 atom stereocenters. The van der Waals surface area contributed by atoms with Crippen LogP contribution in [-0.4, -0.2) is 82.5 Å². The number of nitrogens with zero attached hydrogens (tertiary/aromatic N) is 10. The molecule has 0 aromatic heterocycles. The molecule has 0 saturated carbocycles. The van der Waals surface area contributed by atoms with E-state index in [1.165, 1.54) is 0 Å². The summed E-state index contributed by atoms with van der Waals surface area (Å²) in [6.07, 6.45) is -4.44. The highest BCUT2D eigenvalue weighted by molar-refractivity contribution is 4.83. The molecule has 25 heavy (non-hydrogen) atoms. The van der Waals surface area contributed by atoms with Crippen LogP contribution >= 0.6 is 0 Å². The lowest BCUT2D eigenvalue weighted by molar-refractivity contribution is -0.888. The van der Waals surface area contributed by atoms with Crippen LogP contribution in [0.25, 0.3) is 0 Å². The molecule has 2 aliphatic heterocycles. The first-order valence-corrected chi connectivity index (χ1v) is 6.16. The van der Waals surface area contributed by atoms with E-state index in [0.29, 0.717) is 0 Å². The van der Waals surface area contributed by atoms with Gasteiger partial charge in [0.1, 0.15) is 13.1 Å². The van der Waals surface area contributed by atoms with Gasteiger partial charge in [-0.1, -0.05) is 15.0 Å². The van der Waals surface area contributed by atoms with Crippen molar-refractivity contribution in [2.45, 2.75) is 12.3 Å². The molecule has 138 valence electrons. The summed E-state index contributed by atoms with van der Waals surface area (Å²) in [5.74, 6) is 0. The summed E-state index contributed by atoms with van der Waals surface area (Å²) in [5, 5.41) is 48.8. The molecule has 0 radical (unpaired) electrons. The van der Waals surface area contributed by atoms with Crippen molar-refractivity contribution >= 4 is 0 Å². The first kappa shape index (κ1) is 17.4. The van der Waals surface area contributed by atoms with E-state index < -0.39 is 57.3 Å². The third-order valence-corrected chi connectivity index (χ3v) is 3.47. The van der Waals surface area contributed by atoms with Crippen LogP contribution in [0.5, 0.6) is 0 Å². The van der Waals surface area contributed by atoms with Gasteiger partial charge in [0.25, 0.3) is 12.3 Å². The molecule has 0 aromatic carbocycles. The zero-order valence-corrected chi connectivity index (χ0v) is 11.8. The maximum absolute atomic E-state index is 11.2. The lowest BCUT2D eigenvalue weighted by Gasteiger charge is -2.44. The summed E-state index contributed by atoms with van der Waals surface area (Å²) in [6, 6.07) is 0. The van der Waals surface area contributed by atoms with E-state index in [-0.39, 0.29) is 25.3 Å². The summed E-state index contributed by atoms with van der Waals surface area (Å²) >= 11 is 0. The van der Waals surface area contributed by atoms with Gasteiger partial charge in [0.15, 0.2) is 25.2 Å². The Balaban J connectivity index is 2.63. The highest BCUT2D eigenvalue weighted by Gasteiger charge is 2.67. The SMILES string of the molecule is O=[N+]([O-])N1CCN([N+](=O)[O-])C2C1N([N+](=O)[O-])CN([N+](=O)[O-])N2[N+](=O)[O-]. The highest BCUT2D eigenvalue weighted by atomic mass is 16.8. The second kappa shape index (κ2) is 5.89. The predicted octanol–water partition coefficient (Wildman–Crippen LogP) is -2.99. The zero-order valence-electron chi connectivity index (χ0n) is 11.8. The Morgan fingerprint density at radius 2 is 1.04 bits per heavy atom. The van der Waals surface area contributed by atoms with Gasteiger partial charge in [-0.15, -0.1) is 0 Å². The molecule has 2 fully saturated rings. The summed E-state index contributed by atoms with van der Waals surface area (Å²) in [7, 11) is 0. The number of hydrogen-bond acceptors (Lipinski definition) is 10. The average Bonchev–Trinajstić information content (AvgIpc) is 2.50. The van der Waals surface area contributed by atoms with E-state index in [1.807, 2.05) is 0 Å². The fourth-order valence-electron chi connectivity index (χ4n) is 2.55. The number of piperazine rings is 1. The Bertz CT molecular complexity index is 640. The van der Waals surface area contributed by atoms with E-state index in [0.717, 1.165) is 0 Å². The van der Waals surface area contributed by atoms with Gasteiger partial charge in [0, 0.05) is 0 Å². The first-order chi connectivity index (χ1) is 11.6. The minimum Gasteiger partial charge on any atom is -0.235 e. The maximum atomic E-state index is 11.2. The van der Waals surface area contributed by atoms with E-state index >= 15 is 0 Å². The van der Waals surface area contributed by atoms with Crippen molar-refractivity contribution in [3.05, 3.63) is 50.6 Å². The van der Waals surface area contributed by atoms with Crippen LogP contribution in [0.15, 0.2) is 0 Å². The summed E-state index contributed by atoms with van der Waals surface area (Å²) < 4.78 is 0. The molecule has 0 aromatic rings. The second-order valence-corrected chi connectivity index (χ2v) is 4.62. The Morgan fingerprint density at radius 1 is 0.600 bits per heavy atom. The number of nitro groups is 5. The van der Waals surface area contributed by atoms with Crippen LogP contribution in [0.2, 0.25) is 0 Å². The molecule has 0 N–H and O–H groups in total. The molecular weight excluding hydrogens is 360 g/mol. The summed E-state index contributed by atoms with van der Waals surface area (Å²) in [6.45, 7) is -2.77. The van der Waals surface area contributed by atoms with Gasteiger partial charge in [0.05, 0.1) is 10.2 Å². The lowest BCUT2D eigenvalue weighted by atomic mass is 10.2. The molecule has 0 amide bonds. The van der Waals surface area contributed by atoms with Crippen molar-refractivity contribution in [2.75, 3.05) is 19.8 Å². The number of rotatable bonds is 5. The van der Waals surface area contributed by atoms with E-state index in [4.69, 9.17) is 0 Å². The van der Waals surface area contributed by atoms with Crippen molar-refractivity contribution < 1.29 is 25.2 Å². The first-order valence-electron chi connectivity index (χ1n) is 6.16. The highest BCUT2D eigenvalue weighted by Crippen LogP contribution is 2.29. The van der Waals surface area contributed by atoms with Crippen LogP contribution in [0.3, 0.4) is 0 Å². The number of fused-ring (bicyclic) bond motifs is 1. The molecule has 20 nitrogen and oxygen atoms in total. The maximum Gasteiger partial charge on any atom is 0.296 e. The second-order valence-electron chi connectivity index (χ2n) is 4.62. The third kappa shape index (κ3) is 2.70. The fourth-order valence-corrected chi connectivity index (χ4v) is 2.55. The standard InChI is InChI=1S/C5H8N10O10/c16-11(17)6-1-2-7(12(18)19)5-4(6)8(13(20)21)3-9(14(22)23)10(5)15(24)25/h4-5H,1-3H2. The van der Waals surface area contributed by atoms with Crippen molar-refractivity contribution in [3.8, 4) is 0 Å². The van der Waals surface area contributed by atoms with E-state index in [1.54, 1.807) is 0 Å². The van der Waals surface area contributed by atoms with Crippen LogP contribution in [0.1, 0.15) is 0 Å². The normalized spacial score (nSPS) is 23.1. The number of hydrazine groups is 6. The largest absolute Gasteiger partial charge is 0.296 e. The van der Waals surface area contributed by atoms with Gasteiger partial charge >= 0.3 is 0 Å². The van der Waals surface area contributed by atoms with Gasteiger partial charge in [-0.25, -0.2) is 50.6 Å². The Morgan fingerprint density at radius 3 is 1.40 bits per heavy atom. The molecule has 2 saturated heterocycles.